The molecule has 7 heteroatoms. The zero-order valence-corrected chi connectivity index (χ0v) is 10.3. The normalized spacial score (nSPS) is 16.3. The van der Waals surface area contributed by atoms with E-state index in [-0.39, 0.29) is 17.2 Å². The van der Waals surface area contributed by atoms with Crippen LogP contribution in [-0.4, -0.2) is 11.1 Å². The molecule has 0 spiro atoms. The molecule has 0 fully saturated rings. The van der Waals surface area contributed by atoms with Crippen molar-refractivity contribution in [2.75, 3.05) is 0 Å². The van der Waals surface area contributed by atoms with Gasteiger partial charge < -0.3 is 4.89 Å². The molecule has 2 nitrogen and oxygen atoms in total. The minimum atomic E-state index is -4.59. The van der Waals surface area contributed by atoms with Crippen LogP contribution in [0, 0.1) is 0 Å². The van der Waals surface area contributed by atoms with Crippen LogP contribution >= 0.6 is 23.3 Å². The highest BCUT2D eigenvalue weighted by Gasteiger charge is 2.26. The quantitative estimate of drug-likeness (QED) is 0.849. The van der Waals surface area contributed by atoms with Crippen LogP contribution in [0.5, 0.6) is 0 Å². The van der Waals surface area contributed by atoms with E-state index in [1.54, 1.807) is 0 Å². The summed E-state index contributed by atoms with van der Waals surface area (Å²) in [6.07, 6.45) is -4.82. The minimum Gasteiger partial charge on any atom is -0.338 e. The van der Waals surface area contributed by atoms with Crippen molar-refractivity contribution in [3.8, 4) is 0 Å². The van der Waals surface area contributed by atoms with Crippen LogP contribution in [0.25, 0.3) is 0 Å². The molecule has 0 aliphatic rings. The van der Waals surface area contributed by atoms with Crippen LogP contribution < -0.4 is 5.30 Å². The smallest absolute Gasteiger partial charge is 0.338 e. The first-order valence-corrected chi connectivity index (χ1v) is 6.59. The monoisotopic (exact) mass is 314 g/mol. The van der Waals surface area contributed by atoms with E-state index in [1.165, 1.54) is 24.3 Å². The second-order valence-electron chi connectivity index (χ2n) is 2.96. The minimum absolute atomic E-state index is 0.0452. The highest BCUT2D eigenvalue weighted by Crippen LogP contribution is 2.42. The summed E-state index contributed by atoms with van der Waals surface area (Å²) in [5.41, 5.74) is 0. The average molecular weight is 315 g/mol. The molecule has 1 aromatic rings. The molecule has 16 heavy (non-hydrogen) atoms. The van der Waals surface area contributed by atoms with Crippen molar-refractivity contribution < 1.29 is 22.6 Å². The van der Waals surface area contributed by atoms with E-state index >= 15 is 0 Å². The Balaban J connectivity index is 2.99. The molecule has 0 saturated heterocycles. The van der Waals surface area contributed by atoms with Crippen LogP contribution in [0.4, 0.5) is 13.2 Å². The summed E-state index contributed by atoms with van der Waals surface area (Å²) >= 11 is 3.11. The Kier molecular flexibility index (Phi) is 3.99. The molecule has 1 rings (SSSR count). The third-order valence-corrected chi connectivity index (χ3v) is 3.78. The SMILES string of the molecule is O=P(O)(C=CC(F)(F)F)c1ccc(Br)cc1. The van der Waals surface area contributed by atoms with Gasteiger partial charge in [0.1, 0.15) is 0 Å². The topological polar surface area (TPSA) is 37.3 Å². The number of alkyl halides is 3. The van der Waals surface area contributed by atoms with E-state index in [1.807, 2.05) is 0 Å². The number of allylic oxidation sites excluding steroid dienone is 1. The third kappa shape index (κ3) is 4.12. The highest BCUT2D eigenvalue weighted by molar-refractivity contribution is 9.10. The molecule has 1 aromatic carbocycles. The van der Waals surface area contributed by atoms with Gasteiger partial charge >= 0.3 is 6.18 Å². The van der Waals surface area contributed by atoms with Gasteiger partial charge in [0.15, 0.2) is 0 Å². The van der Waals surface area contributed by atoms with Crippen molar-refractivity contribution in [2.24, 2.45) is 0 Å². The lowest BCUT2D eigenvalue weighted by molar-refractivity contribution is -0.0797. The van der Waals surface area contributed by atoms with Gasteiger partial charge in [-0.25, -0.2) is 0 Å². The number of halogens is 4. The first-order valence-electron chi connectivity index (χ1n) is 4.06. The zero-order valence-electron chi connectivity index (χ0n) is 7.78. The van der Waals surface area contributed by atoms with Gasteiger partial charge in [0.25, 0.3) is 7.37 Å². The lowest BCUT2D eigenvalue weighted by Gasteiger charge is -2.07. The van der Waals surface area contributed by atoms with Gasteiger partial charge in [-0.2, -0.15) is 13.2 Å². The standard InChI is InChI=1S/C9H7BrF3O2P/c10-7-1-3-8(4-2-7)16(14,15)6-5-9(11,12)13/h1-6H,(H,14,15). The fourth-order valence-corrected chi connectivity index (χ4v) is 2.31. The number of rotatable bonds is 2. The van der Waals surface area contributed by atoms with E-state index < -0.39 is 13.5 Å². The molecule has 0 radical (unpaired) electrons. The van der Waals surface area contributed by atoms with Crippen LogP contribution in [0.2, 0.25) is 0 Å². The van der Waals surface area contributed by atoms with Gasteiger partial charge in [0, 0.05) is 21.7 Å². The van der Waals surface area contributed by atoms with E-state index in [4.69, 9.17) is 0 Å². The van der Waals surface area contributed by atoms with Crippen LogP contribution in [-0.2, 0) is 4.57 Å². The Morgan fingerprint density at radius 1 is 1.25 bits per heavy atom. The Morgan fingerprint density at radius 3 is 2.19 bits per heavy atom. The predicted octanol–water partition coefficient (Wildman–Crippen LogP) is 3.42. The summed E-state index contributed by atoms with van der Waals surface area (Å²) in [5, 5.41) is -0.0452. The molecule has 0 aliphatic carbocycles. The fourth-order valence-electron chi connectivity index (χ4n) is 0.926. The maximum absolute atomic E-state index is 11.8. The maximum atomic E-state index is 11.8. The van der Waals surface area contributed by atoms with Crippen molar-refractivity contribution in [3.05, 3.63) is 40.6 Å². The molecule has 1 atom stereocenters. The van der Waals surface area contributed by atoms with Crippen molar-refractivity contribution in [2.45, 2.75) is 6.18 Å². The zero-order chi connectivity index (χ0) is 12.4. The molecule has 1 unspecified atom stereocenters. The van der Waals surface area contributed by atoms with Gasteiger partial charge in [-0.1, -0.05) is 15.9 Å². The van der Waals surface area contributed by atoms with Crippen LogP contribution in [0.15, 0.2) is 40.6 Å². The molecular formula is C9H7BrF3O2P. The third-order valence-electron chi connectivity index (χ3n) is 1.66. The van der Waals surface area contributed by atoms with Crippen molar-refractivity contribution in [3.63, 3.8) is 0 Å². The first-order chi connectivity index (χ1) is 7.21. The summed E-state index contributed by atoms with van der Waals surface area (Å²) in [6, 6.07) is 5.57. The highest BCUT2D eigenvalue weighted by atomic mass is 79.9. The molecule has 88 valence electrons. The summed E-state index contributed by atoms with van der Waals surface area (Å²) in [7, 11) is -4.08. The molecule has 0 saturated carbocycles. The Bertz CT molecular complexity index is 439. The molecule has 0 heterocycles. The van der Waals surface area contributed by atoms with E-state index in [0.29, 0.717) is 4.47 Å². The van der Waals surface area contributed by atoms with Crippen LogP contribution in [0.1, 0.15) is 0 Å². The van der Waals surface area contributed by atoms with Crippen molar-refractivity contribution >= 4 is 28.6 Å². The fraction of sp³-hybridized carbons (Fsp3) is 0.111. The second-order valence-corrected chi connectivity index (χ2v) is 5.93. The molecule has 0 amide bonds. The summed E-state index contributed by atoms with van der Waals surface area (Å²) < 4.78 is 47.7. The summed E-state index contributed by atoms with van der Waals surface area (Å²) in [4.78, 5) is 9.39. The molecular weight excluding hydrogens is 308 g/mol. The van der Waals surface area contributed by atoms with E-state index in [2.05, 4.69) is 15.9 Å². The average Bonchev–Trinajstić information content (AvgIpc) is 2.15. The second kappa shape index (κ2) is 4.73. The van der Waals surface area contributed by atoms with Gasteiger partial charge in [0.05, 0.1) is 0 Å². The van der Waals surface area contributed by atoms with Gasteiger partial charge in [-0.3, -0.25) is 4.57 Å². The summed E-state index contributed by atoms with van der Waals surface area (Å²) in [5.74, 6) is 0.288. The Morgan fingerprint density at radius 2 is 1.75 bits per heavy atom. The molecule has 0 aromatic heterocycles. The van der Waals surface area contributed by atoms with Crippen LogP contribution in [0.3, 0.4) is 0 Å². The first kappa shape index (κ1) is 13.5. The molecule has 1 N–H and O–H groups in total. The van der Waals surface area contributed by atoms with Gasteiger partial charge in [-0.15, -0.1) is 0 Å². The molecule has 0 aliphatic heterocycles. The van der Waals surface area contributed by atoms with Crippen molar-refractivity contribution in [1.82, 2.24) is 0 Å². The van der Waals surface area contributed by atoms with E-state index in [9.17, 15) is 22.6 Å². The Labute approximate surface area is 98.4 Å². The lowest BCUT2D eigenvalue weighted by Crippen LogP contribution is -2.04. The maximum Gasteiger partial charge on any atom is 0.409 e. The van der Waals surface area contributed by atoms with E-state index in [0.717, 1.165) is 0 Å². The van der Waals surface area contributed by atoms with Crippen molar-refractivity contribution in [1.29, 1.82) is 0 Å². The number of benzene rings is 1. The largest absolute Gasteiger partial charge is 0.409 e. The van der Waals surface area contributed by atoms with Gasteiger partial charge in [-0.05, 0) is 24.3 Å². The predicted molar refractivity (Wildman–Crippen MR) is 58.8 cm³/mol. The van der Waals surface area contributed by atoms with Gasteiger partial charge in [0.2, 0.25) is 0 Å². The number of hydrogen-bond acceptors (Lipinski definition) is 1. The lowest BCUT2D eigenvalue weighted by atomic mass is 10.4. The Hall–Kier alpha value is -0.580. The molecule has 0 bridgehead atoms. The summed E-state index contributed by atoms with van der Waals surface area (Å²) in [6.45, 7) is 0. The number of hydrogen-bond donors (Lipinski definition) is 1.